The molecule has 1 aliphatic rings. The van der Waals surface area contributed by atoms with Gasteiger partial charge in [0, 0.05) is 6.42 Å². The Kier molecular flexibility index (Phi) is 3.84. The molecule has 0 saturated carbocycles. The molecule has 1 amide bonds. The van der Waals surface area contributed by atoms with Crippen molar-refractivity contribution in [2.24, 2.45) is 0 Å². The maximum Gasteiger partial charge on any atom is 0.434 e. The monoisotopic (exact) mass is 333 g/mol. The van der Waals surface area contributed by atoms with E-state index in [1.807, 2.05) is 0 Å². The molecule has 0 spiro atoms. The van der Waals surface area contributed by atoms with Crippen LogP contribution >= 0.6 is 0 Å². The molecule has 0 radical (unpaired) electrons. The molecule has 2 aromatic heterocycles. The molecule has 24 heavy (non-hydrogen) atoms. The Balaban J connectivity index is 1.72. The first-order valence-electron chi connectivity index (χ1n) is 7.47. The van der Waals surface area contributed by atoms with Gasteiger partial charge in [-0.3, -0.25) is 5.21 Å². The SMILES string of the molecule is CC(C)(C)OC(=O)N(O)[C@@H]1C=C[C@H](n2nc3ncnc(N)c3n2)C1. The molecule has 10 nitrogen and oxygen atoms in total. The molecule has 128 valence electrons. The molecule has 2 heterocycles. The molecular formula is C14H19N7O3. The van der Waals surface area contributed by atoms with Crippen LogP contribution in [-0.4, -0.2) is 53.0 Å². The second-order valence-electron chi connectivity index (χ2n) is 6.53. The molecule has 2 aromatic rings. The minimum atomic E-state index is -0.800. The molecule has 0 aromatic carbocycles. The van der Waals surface area contributed by atoms with Crippen LogP contribution in [0.4, 0.5) is 10.6 Å². The Morgan fingerprint density at radius 3 is 2.79 bits per heavy atom. The average molecular weight is 333 g/mol. The van der Waals surface area contributed by atoms with Crippen molar-refractivity contribution in [3.05, 3.63) is 18.5 Å². The fourth-order valence-electron chi connectivity index (χ4n) is 2.38. The molecule has 3 N–H and O–H groups in total. The van der Waals surface area contributed by atoms with E-state index < -0.39 is 17.7 Å². The molecule has 0 fully saturated rings. The summed E-state index contributed by atoms with van der Waals surface area (Å²) in [6.45, 7) is 5.20. The van der Waals surface area contributed by atoms with Crippen molar-refractivity contribution < 1.29 is 14.7 Å². The van der Waals surface area contributed by atoms with Crippen LogP contribution in [0.2, 0.25) is 0 Å². The lowest BCUT2D eigenvalue weighted by Gasteiger charge is -2.26. The highest BCUT2D eigenvalue weighted by molar-refractivity contribution is 5.79. The fraction of sp³-hybridized carbons (Fsp3) is 0.500. The second-order valence-corrected chi connectivity index (χ2v) is 6.53. The average Bonchev–Trinajstić information content (AvgIpc) is 3.11. The molecular weight excluding hydrogens is 314 g/mol. The molecule has 2 atom stereocenters. The number of hydroxylamine groups is 2. The number of fused-ring (bicyclic) bond motifs is 1. The zero-order valence-electron chi connectivity index (χ0n) is 13.6. The number of carbonyl (C=O) groups is 1. The van der Waals surface area contributed by atoms with Crippen LogP contribution < -0.4 is 5.73 Å². The van der Waals surface area contributed by atoms with Crippen LogP contribution in [0.25, 0.3) is 11.2 Å². The van der Waals surface area contributed by atoms with Crippen LogP contribution in [0.5, 0.6) is 0 Å². The number of rotatable bonds is 2. The quantitative estimate of drug-likeness (QED) is 0.477. The Morgan fingerprint density at radius 2 is 2.12 bits per heavy atom. The summed E-state index contributed by atoms with van der Waals surface area (Å²) in [5, 5.41) is 19.2. The third-order valence-electron chi connectivity index (χ3n) is 3.46. The molecule has 0 unspecified atom stereocenters. The van der Waals surface area contributed by atoms with Gasteiger partial charge in [0.15, 0.2) is 11.3 Å². The third-order valence-corrected chi connectivity index (χ3v) is 3.46. The van der Waals surface area contributed by atoms with Gasteiger partial charge in [-0.15, -0.1) is 10.2 Å². The van der Waals surface area contributed by atoms with E-state index in [0.717, 1.165) is 0 Å². The lowest BCUT2D eigenvalue weighted by molar-refractivity contribution is -0.111. The van der Waals surface area contributed by atoms with Gasteiger partial charge in [0.1, 0.15) is 11.9 Å². The van der Waals surface area contributed by atoms with Gasteiger partial charge in [0.2, 0.25) is 5.65 Å². The van der Waals surface area contributed by atoms with Gasteiger partial charge in [0.05, 0.1) is 12.1 Å². The van der Waals surface area contributed by atoms with Gasteiger partial charge in [0.25, 0.3) is 0 Å². The summed E-state index contributed by atoms with van der Waals surface area (Å²) in [5.41, 5.74) is 5.88. The zero-order chi connectivity index (χ0) is 17.5. The normalized spacial score (nSPS) is 20.5. The van der Waals surface area contributed by atoms with E-state index >= 15 is 0 Å². The van der Waals surface area contributed by atoms with Crippen molar-refractivity contribution >= 4 is 23.1 Å². The first-order chi connectivity index (χ1) is 11.2. The van der Waals surface area contributed by atoms with E-state index in [9.17, 15) is 10.0 Å². The summed E-state index contributed by atoms with van der Waals surface area (Å²) < 4.78 is 5.15. The number of anilines is 1. The molecule has 0 saturated heterocycles. The van der Waals surface area contributed by atoms with Crippen molar-refractivity contribution in [2.45, 2.75) is 44.9 Å². The highest BCUT2D eigenvalue weighted by Crippen LogP contribution is 2.27. The Hall–Kier alpha value is -2.75. The van der Waals surface area contributed by atoms with E-state index in [1.54, 1.807) is 32.9 Å². The number of carbonyl (C=O) groups excluding carboxylic acids is 1. The summed E-state index contributed by atoms with van der Waals surface area (Å²) >= 11 is 0. The third kappa shape index (κ3) is 3.13. The molecule has 0 bridgehead atoms. The van der Waals surface area contributed by atoms with E-state index in [0.29, 0.717) is 22.6 Å². The van der Waals surface area contributed by atoms with Crippen molar-refractivity contribution in [1.29, 1.82) is 0 Å². The maximum absolute atomic E-state index is 11.9. The van der Waals surface area contributed by atoms with Crippen molar-refractivity contribution in [3.8, 4) is 0 Å². The zero-order valence-corrected chi connectivity index (χ0v) is 13.6. The number of nitrogen functional groups attached to an aromatic ring is 1. The molecule has 1 aliphatic carbocycles. The number of aromatic nitrogens is 5. The van der Waals surface area contributed by atoms with Crippen LogP contribution in [0.1, 0.15) is 33.2 Å². The number of amides is 1. The first kappa shape index (κ1) is 16.1. The standard InChI is InChI=1S/C14H19N7O3/c1-14(2,3)24-13(22)20(23)8-4-5-9(6-8)21-18-10-11(15)16-7-17-12(10)19-21/h4-5,7-9,23H,6H2,1-3H3,(H2,15,16,17,19)/t8-,9+/m1/s1. The van der Waals surface area contributed by atoms with Gasteiger partial charge < -0.3 is 10.5 Å². The van der Waals surface area contributed by atoms with Crippen LogP contribution in [0.3, 0.4) is 0 Å². The van der Waals surface area contributed by atoms with Crippen LogP contribution in [-0.2, 0) is 4.74 Å². The van der Waals surface area contributed by atoms with Crippen molar-refractivity contribution in [2.75, 3.05) is 5.73 Å². The summed E-state index contributed by atoms with van der Waals surface area (Å²) in [6, 6.07) is -0.761. The molecule has 3 rings (SSSR count). The lowest BCUT2D eigenvalue weighted by atomic mass is 10.2. The van der Waals surface area contributed by atoms with Crippen molar-refractivity contribution in [1.82, 2.24) is 30.0 Å². The minimum Gasteiger partial charge on any atom is -0.442 e. The number of allylic oxidation sites excluding steroid dienone is 1. The smallest absolute Gasteiger partial charge is 0.434 e. The Labute approximate surface area is 137 Å². The highest BCUT2D eigenvalue weighted by Gasteiger charge is 2.32. The van der Waals surface area contributed by atoms with Gasteiger partial charge in [-0.2, -0.15) is 9.86 Å². The topological polar surface area (TPSA) is 132 Å². The number of nitrogens with two attached hydrogens (primary N) is 1. The van der Waals surface area contributed by atoms with Gasteiger partial charge in [-0.1, -0.05) is 12.2 Å². The predicted octanol–water partition coefficient (Wildman–Crippen LogP) is 1.30. The van der Waals surface area contributed by atoms with E-state index in [2.05, 4.69) is 20.2 Å². The van der Waals surface area contributed by atoms with E-state index in [4.69, 9.17) is 10.5 Å². The molecule has 10 heteroatoms. The van der Waals surface area contributed by atoms with Gasteiger partial charge in [-0.25, -0.2) is 14.8 Å². The number of hydrogen-bond donors (Lipinski definition) is 2. The number of nitrogens with zero attached hydrogens (tertiary/aromatic N) is 6. The minimum absolute atomic E-state index is 0.235. The summed E-state index contributed by atoms with van der Waals surface area (Å²) in [7, 11) is 0. The summed E-state index contributed by atoms with van der Waals surface area (Å²) in [5.74, 6) is 0.252. The Bertz CT molecular complexity index is 795. The van der Waals surface area contributed by atoms with Gasteiger partial charge in [-0.05, 0) is 20.8 Å². The predicted molar refractivity (Wildman–Crippen MR) is 84.0 cm³/mol. The highest BCUT2D eigenvalue weighted by atomic mass is 16.6. The molecule has 0 aliphatic heterocycles. The first-order valence-corrected chi connectivity index (χ1v) is 7.47. The number of hydrogen-bond acceptors (Lipinski definition) is 8. The van der Waals surface area contributed by atoms with Crippen LogP contribution in [0.15, 0.2) is 18.5 Å². The Morgan fingerprint density at radius 1 is 1.38 bits per heavy atom. The summed E-state index contributed by atoms with van der Waals surface area (Å²) in [4.78, 5) is 21.3. The lowest BCUT2D eigenvalue weighted by Crippen LogP contribution is -2.40. The fourth-order valence-corrected chi connectivity index (χ4v) is 2.38. The number of ether oxygens (including phenoxy) is 1. The largest absolute Gasteiger partial charge is 0.442 e. The van der Waals surface area contributed by atoms with Crippen LogP contribution in [0, 0.1) is 0 Å². The van der Waals surface area contributed by atoms with Gasteiger partial charge >= 0.3 is 6.09 Å². The van der Waals surface area contributed by atoms with E-state index in [-0.39, 0.29) is 11.9 Å². The second kappa shape index (κ2) is 5.71. The van der Waals surface area contributed by atoms with Crippen molar-refractivity contribution in [3.63, 3.8) is 0 Å². The summed E-state index contributed by atoms with van der Waals surface area (Å²) in [6.07, 6.45) is 4.44. The van der Waals surface area contributed by atoms with E-state index in [1.165, 1.54) is 11.1 Å². The maximum atomic E-state index is 11.9.